The zero-order chi connectivity index (χ0) is 19.2. The summed E-state index contributed by atoms with van der Waals surface area (Å²) in [5.74, 6) is 0.0457. The first-order chi connectivity index (χ1) is 13.1. The Bertz CT molecular complexity index is 784. The van der Waals surface area contributed by atoms with Crippen molar-refractivity contribution in [3.05, 3.63) is 47.9 Å². The SMILES string of the molecule is CCN1CCN(C(=O)c2cnc(Nc3ccc(C(=O)OC)cc3)cn2)CC1. The van der Waals surface area contributed by atoms with Gasteiger partial charge in [0.15, 0.2) is 0 Å². The maximum atomic E-state index is 12.5. The lowest BCUT2D eigenvalue weighted by Crippen LogP contribution is -2.48. The van der Waals surface area contributed by atoms with Crippen LogP contribution in [-0.2, 0) is 4.74 Å². The summed E-state index contributed by atoms with van der Waals surface area (Å²) in [7, 11) is 1.34. The number of hydrogen-bond acceptors (Lipinski definition) is 7. The van der Waals surface area contributed by atoms with Crippen LogP contribution < -0.4 is 5.32 Å². The zero-order valence-electron chi connectivity index (χ0n) is 15.5. The number of aromatic nitrogens is 2. The number of nitrogens with zero attached hydrogens (tertiary/aromatic N) is 4. The minimum atomic E-state index is -0.385. The molecule has 2 heterocycles. The monoisotopic (exact) mass is 369 g/mol. The van der Waals surface area contributed by atoms with Crippen molar-refractivity contribution in [3.63, 3.8) is 0 Å². The average molecular weight is 369 g/mol. The summed E-state index contributed by atoms with van der Waals surface area (Å²) in [5, 5.41) is 3.09. The van der Waals surface area contributed by atoms with Crippen molar-refractivity contribution in [1.29, 1.82) is 0 Å². The summed E-state index contributed by atoms with van der Waals surface area (Å²) >= 11 is 0. The molecule has 2 aromatic rings. The van der Waals surface area contributed by atoms with Gasteiger partial charge in [-0.25, -0.2) is 14.8 Å². The van der Waals surface area contributed by atoms with Gasteiger partial charge in [-0.3, -0.25) is 4.79 Å². The van der Waals surface area contributed by atoms with E-state index in [2.05, 4.69) is 31.8 Å². The highest BCUT2D eigenvalue weighted by atomic mass is 16.5. The summed E-state index contributed by atoms with van der Waals surface area (Å²) in [5.41, 5.74) is 1.57. The van der Waals surface area contributed by atoms with Gasteiger partial charge in [0.1, 0.15) is 11.5 Å². The molecule has 1 aromatic heterocycles. The number of amides is 1. The molecule has 1 aliphatic rings. The molecule has 0 saturated carbocycles. The molecular weight excluding hydrogens is 346 g/mol. The van der Waals surface area contributed by atoms with Crippen LogP contribution in [0.5, 0.6) is 0 Å². The lowest BCUT2D eigenvalue weighted by atomic mass is 10.2. The quantitative estimate of drug-likeness (QED) is 0.804. The number of benzene rings is 1. The van der Waals surface area contributed by atoms with Gasteiger partial charge in [-0.15, -0.1) is 0 Å². The maximum absolute atomic E-state index is 12.5. The van der Waals surface area contributed by atoms with E-state index >= 15 is 0 Å². The highest BCUT2D eigenvalue weighted by Gasteiger charge is 2.22. The van der Waals surface area contributed by atoms with Gasteiger partial charge >= 0.3 is 5.97 Å². The molecule has 1 saturated heterocycles. The molecule has 8 nitrogen and oxygen atoms in total. The van der Waals surface area contributed by atoms with Crippen molar-refractivity contribution in [1.82, 2.24) is 19.8 Å². The Hall–Kier alpha value is -3.00. The summed E-state index contributed by atoms with van der Waals surface area (Å²) in [4.78, 5) is 36.6. The number of rotatable bonds is 5. The molecule has 1 amide bonds. The van der Waals surface area contributed by atoms with Crippen LogP contribution in [0.2, 0.25) is 0 Å². The van der Waals surface area contributed by atoms with Crippen molar-refractivity contribution < 1.29 is 14.3 Å². The van der Waals surface area contributed by atoms with Gasteiger partial charge in [-0.05, 0) is 30.8 Å². The van der Waals surface area contributed by atoms with E-state index in [-0.39, 0.29) is 11.9 Å². The van der Waals surface area contributed by atoms with Crippen LogP contribution >= 0.6 is 0 Å². The summed E-state index contributed by atoms with van der Waals surface area (Å²) in [6.07, 6.45) is 3.02. The minimum absolute atomic E-state index is 0.0905. The number of piperazine rings is 1. The maximum Gasteiger partial charge on any atom is 0.337 e. The van der Waals surface area contributed by atoms with E-state index < -0.39 is 0 Å². The third-order valence-corrected chi connectivity index (χ3v) is 4.56. The molecule has 8 heteroatoms. The van der Waals surface area contributed by atoms with Crippen molar-refractivity contribution in [3.8, 4) is 0 Å². The molecule has 3 rings (SSSR count). The summed E-state index contributed by atoms with van der Waals surface area (Å²) in [6.45, 7) is 6.32. The van der Waals surface area contributed by atoms with Crippen LogP contribution in [0.25, 0.3) is 0 Å². The van der Waals surface area contributed by atoms with Crippen LogP contribution in [0.4, 0.5) is 11.5 Å². The van der Waals surface area contributed by atoms with Crippen LogP contribution in [0.15, 0.2) is 36.7 Å². The molecule has 1 N–H and O–H groups in total. The smallest absolute Gasteiger partial charge is 0.337 e. The van der Waals surface area contributed by atoms with Gasteiger partial charge in [0, 0.05) is 31.9 Å². The normalized spacial score (nSPS) is 14.7. The molecule has 0 bridgehead atoms. The van der Waals surface area contributed by atoms with Gasteiger partial charge in [0.05, 0.1) is 25.1 Å². The number of likely N-dealkylation sites (N-methyl/N-ethyl adjacent to an activating group) is 1. The fourth-order valence-electron chi connectivity index (χ4n) is 2.89. The Balaban J connectivity index is 1.60. The van der Waals surface area contributed by atoms with Crippen LogP contribution in [0.3, 0.4) is 0 Å². The van der Waals surface area contributed by atoms with Crippen LogP contribution in [-0.4, -0.2) is 71.5 Å². The minimum Gasteiger partial charge on any atom is -0.465 e. The molecule has 142 valence electrons. The number of carbonyl (C=O) groups excluding carboxylic acids is 2. The third-order valence-electron chi connectivity index (χ3n) is 4.56. The first-order valence-corrected chi connectivity index (χ1v) is 8.89. The highest BCUT2D eigenvalue weighted by Crippen LogP contribution is 2.16. The molecule has 0 aliphatic carbocycles. The Labute approximate surface area is 158 Å². The second-order valence-corrected chi connectivity index (χ2v) is 6.21. The topological polar surface area (TPSA) is 87.7 Å². The van der Waals surface area contributed by atoms with E-state index in [1.54, 1.807) is 24.3 Å². The molecule has 0 radical (unpaired) electrons. The highest BCUT2D eigenvalue weighted by molar-refractivity contribution is 5.92. The number of ether oxygens (including phenoxy) is 1. The number of hydrogen-bond donors (Lipinski definition) is 1. The first kappa shape index (κ1) is 18.8. The number of methoxy groups -OCH3 is 1. The molecular formula is C19H23N5O3. The van der Waals surface area contributed by atoms with Crippen molar-refractivity contribution in [2.24, 2.45) is 0 Å². The fraction of sp³-hybridized carbons (Fsp3) is 0.368. The van der Waals surface area contributed by atoms with Crippen molar-refractivity contribution >= 4 is 23.4 Å². The second kappa shape index (κ2) is 8.59. The first-order valence-electron chi connectivity index (χ1n) is 8.89. The Morgan fingerprint density at radius 1 is 1.07 bits per heavy atom. The van der Waals surface area contributed by atoms with Gasteiger partial charge in [-0.2, -0.15) is 0 Å². The van der Waals surface area contributed by atoms with E-state index in [1.807, 2.05) is 4.90 Å². The van der Waals surface area contributed by atoms with Gasteiger partial charge in [-0.1, -0.05) is 6.92 Å². The van der Waals surface area contributed by atoms with Gasteiger partial charge < -0.3 is 19.9 Å². The van der Waals surface area contributed by atoms with Crippen LogP contribution in [0, 0.1) is 0 Å². The molecule has 1 aromatic carbocycles. The summed E-state index contributed by atoms with van der Waals surface area (Å²) in [6, 6.07) is 6.82. The van der Waals surface area contributed by atoms with Crippen LogP contribution in [0.1, 0.15) is 27.8 Å². The predicted octanol–water partition coefficient (Wildman–Crippen LogP) is 1.78. The van der Waals surface area contributed by atoms with Crippen molar-refractivity contribution in [2.75, 3.05) is 45.2 Å². The molecule has 1 fully saturated rings. The Kier molecular flexibility index (Phi) is 5.97. The standard InChI is InChI=1S/C19H23N5O3/c1-3-23-8-10-24(11-9-23)18(25)16-12-21-17(13-20-16)22-15-6-4-14(5-7-15)19(26)27-2/h4-7,12-13H,3,8-11H2,1-2H3,(H,21,22). The molecule has 27 heavy (non-hydrogen) atoms. The molecule has 0 spiro atoms. The third kappa shape index (κ3) is 4.59. The number of carbonyl (C=O) groups is 2. The lowest BCUT2D eigenvalue weighted by molar-refractivity contribution is 0.0599. The predicted molar refractivity (Wildman–Crippen MR) is 101 cm³/mol. The van der Waals surface area contributed by atoms with E-state index in [1.165, 1.54) is 19.5 Å². The number of nitrogens with one attached hydrogen (secondary N) is 1. The van der Waals surface area contributed by atoms with E-state index in [4.69, 9.17) is 0 Å². The van der Waals surface area contributed by atoms with Gasteiger partial charge in [0.25, 0.3) is 5.91 Å². The largest absolute Gasteiger partial charge is 0.465 e. The average Bonchev–Trinajstić information content (AvgIpc) is 2.74. The summed E-state index contributed by atoms with van der Waals surface area (Å²) < 4.78 is 4.67. The Morgan fingerprint density at radius 3 is 2.33 bits per heavy atom. The Morgan fingerprint density at radius 2 is 1.78 bits per heavy atom. The van der Waals surface area contributed by atoms with Crippen molar-refractivity contribution in [2.45, 2.75) is 6.92 Å². The van der Waals surface area contributed by atoms with Gasteiger partial charge in [0.2, 0.25) is 0 Å². The van der Waals surface area contributed by atoms with E-state index in [9.17, 15) is 9.59 Å². The fourth-order valence-corrected chi connectivity index (χ4v) is 2.89. The number of esters is 1. The van der Waals surface area contributed by atoms with E-state index in [0.29, 0.717) is 30.2 Å². The zero-order valence-corrected chi connectivity index (χ0v) is 15.5. The second-order valence-electron chi connectivity index (χ2n) is 6.21. The molecule has 0 unspecified atom stereocenters. The van der Waals surface area contributed by atoms with E-state index in [0.717, 1.165) is 25.3 Å². The lowest BCUT2D eigenvalue weighted by Gasteiger charge is -2.33. The molecule has 1 aliphatic heterocycles. The number of anilines is 2. The molecule has 0 atom stereocenters.